The zero-order valence-corrected chi connectivity index (χ0v) is 22.7. The molecule has 198 valence electrons. The maximum atomic E-state index is 14.0. The van der Waals surface area contributed by atoms with Gasteiger partial charge in [0, 0.05) is 11.1 Å². The lowest BCUT2D eigenvalue weighted by Crippen LogP contribution is -2.40. The van der Waals surface area contributed by atoms with Gasteiger partial charge in [-0.05, 0) is 31.6 Å². The highest BCUT2D eigenvalue weighted by Crippen LogP contribution is 2.35. The molecule has 0 amide bonds. The lowest BCUT2D eigenvalue weighted by molar-refractivity contribution is -0.138. The second-order valence-corrected chi connectivity index (χ2v) is 9.66. The van der Waals surface area contributed by atoms with Crippen molar-refractivity contribution in [3.63, 3.8) is 0 Å². The van der Waals surface area contributed by atoms with Gasteiger partial charge in [0.15, 0.2) is 16.3 Å². The molecule has 39 heavy (non-hydrogen) atoms. The van der Waals surface area contributed by atoms with E-state index in [9.17, 15) is 9.59 Å². The highest BCUT2D eigenvalue weighted by atomic mass is 32.1. The SMILES string of the molecule is CCOC(=O)C1=C(c2ccccc2)N=c2s/c(=C\c3cccc(OC)c3OCC)c(=O)n2[C@@H]1c1ccccc1. The number of methoxy groups -OCH3 is 1. The number of hydrogen-bond acceptors (Lipinski definition) is 7. The van der Waals surface area contributed by atoms with Crippen LogP contribution in [0.4, 0.5) is 0 Å². The molecule has 1 atom stereocenters. The molecule has 7 nitrogen and oxygen atoms in total. The summed E-state index contributed by atoms with van der Waals surface area (Å²) in [5.41, 5.74) is 2.83. The van der Waals surface area contributed by atoms with Gasteiger partial charge in [-0.25, -0.2) is 9.79 Å². The van der Waals surface area contributed by atoms with Crippen LogP contribution in [-0.4, -0.2) is 30.9 Å². The number of ether oxygens (including phenoxy) is 3. The van der Waals surface area contributed by atoms with E-state index in [1.807, 2.05) is 85.8 Å². The van der Waals surface area contributed by atoms with Crippen LogP contribution in [0.3, 0.4) is 0 Å². The summed E-state index contributed by atoms with van der Waals surface area (Å²) in [5, 5.41) is 0. The Bertz CT molecular complexity index is 1710. The molecule has 0 saturated heterocycles. The minimum atomic E-state index is -0.712. The van der Waals surface area contributed by atoms with Crippen molar-refractivity contribution in [3.05, 3.63) is 121 Å². The summed E-state index contributed by atoms with van der Waals surface area (Å²) < 4.78 is 18.9. The van der Waals surface area contributed by atoms with Gasteiger partial charge < -0.3 is 14.2 Å². The second kappa shape index (κ2) is 11.5. The summed E-state index contributed by atoms with van der Waals surface area (Å²) in [4.78, 5) is 32.9. The fraction of sp³-hybridized carbons (Fsp3) is 0.194. The van der Waals surface area contributed by atoms with Gasteiger partial charge in [0.2, 0.25) is 0 Å². The third-order valence-electron chi connectivity index (χ3n) is 6.29. The van der Waals surface area contributed by atoms with E-state index in [1.165, 1.54) is 11.3 Å². The first-order valence-electron chi connectivity index (χ1n) is 12.7. The molecule has 3 aromatic carbocycles. The van der Waals surface area contributed by atoms with Crippen molar-refractivity contribution in [3.8, 4) is 11.5 Å². The molecule has 0 saturated carbocycles. The molecule has 0 aliphatic carbocycles. The fourth-order valence-corrected chi connectivity index (χ4v) is 5.63. The first kappa shape index (κ1) is 26.2. The number of hydrogen-bond donors (Lipinski definition) is 0. The summed E-state index contributed by atoms with van der Waals surface area (Å²) in [7, 11) is 1.58. The summed E-state index contributed by atoms with van der Waals surface area (Å²) in [6.07, 6.45) is 1.79. The normalized spacial score (nSPS) is 14.9. The van der Waals surface area contributed by atoms with Gasteiger partial charge in [0.25, 0.3) is 5.56 Å². The molecule has 0 radical (unpaired) electrons. The minimum Gasteiger partial charge on any atom is -0.493 e. The van der Waals surface area contributed by atoms with Crippen molar-refractivity contribution in [1.82, 2.24) is 4.57 Å². The Kier molecular flexibility index (Phi) is 7.74. The number of carbonyl (C=O) groups is 1. The first-order valence-corrected chi connectivity index (χ1v) is 13.5. The Labute approximate surface area is 229 Å². The van der Waals surface area contributed by atoms with E-state index in [0.29, 0.717) is 44.3 Å². The monoisotopic (exact) mass is 540 g/mol. The largest absolute Gasteiger partial charge is 0.493 e. The Morgan fingerprint density at radius 3 is 2.36 bits per heavy atom. The second-order valence-electron chi connectivity index (χ2n) is 8.65. The molecule has 1 aromatic heterocycles. The number of fused-ring (bicyclic) bond motifs is 1. The van der Waals surface area contributed by atoms with Gasteiger partial charge in [0.1, 0.15) is 0 Å². The number of aromatic nitrogens is 1. The van der Waals surface area contributed by atoms with E-state index < -0.39 is 12.0 Å². The van der Waals surface area contributed by atoms with Crippen LogP contribution in [0.5, 0.6) is 11.5 Å². The van der Waals surface area contributed by atoms with E-state index in [1.54, 1.807) is 24.7 Å². The number of thiazole rings is 1. The van der Waals surface area contributed by atoms with E-state index >= 15 is 0 Å². The molecular weight excluding hydrogens is 512 g/mol. The maximum Gasteiger partial charge on any atom is 0.338 e. The molecule has 0 N–H and O–H groups in total. The van der Waals surface area contributed by atoms with Gasteiger partial charge >= 0.3 is 5.97 Å². The van der Waals surface area contributed by atoms with Crippen molar-refractivity contribution in [2.75, 3.05) is 20.3 Å². The van der Waals surface area contributed by atoms with E-state index in [2.05, 4.69) is 0 Å². The van der Waals surface area contributed by atoms with Crippen LogP contribution in [0.25, 0.3) is 11.8 Å². The average molecular weight is 541 g/mol. The third-order valence-corrected chi connectivity index (χ3v) is 7.28. The number of nitrogens with zero attached hydrogens (tertiary/aromatic N) is 2. The Balaban J connectivity index is 1.81. The molecular formula is C31H28N2O5S. The Hall–Kier alpha value is -4.43. The quantitative estimate of drug-likeness (QED) is 0.311. The molecule has 4 aromatic rings. The van der Waals surface area contributed by atoms with Crippen LogP contribution in [0.2, 0.25) is 0 Å². The van der Waals surface area contributed by atoms with E-state index in [0.717, 1.165) is 11.1 Å². The zero-order valence-electron chi connectivity index (χ0n) is 21.9. The highest BCUT2D eigenvalue weighted by Gasteiger charge is 2.35. The van der Waals surface area contributed by atoms with Gasteiger partial charge in [-0.2, -0.15) is 0 Å². The molecule has 8 heteroatoms. The van der Waals surface area contributed by atoms with Crippen LogP contribution >= 0.6 is 11.3 Å². The van der Waals surface area contributed by atoms with E-state index in [-0.39, 0.29) is 12.2 Å². The Morgan fingerprint density at radius 2 is 1.69 bits per heavy atom. The topological polar surface area (TPSA) is 79.1 Å². The summed E-state index contributed by atoms with van der Waals surface area (Å²) >= 11 is 1.27. The number of rotatable bonds is 8. The molecule has 0 fully saturated rings. The average Bonchev–Trinajstić information content (AvgIpc) is 3.28. The van der Waals surface area contributed by atoms with Crippen molar-refractivity contribution < 1.29 is 19.0 Å². The number of para-hydroxylation sites is 1. The molecule has 0 unspecified atom stereocenters. The van der Waals surface area contributed by atoms with Crippen LogP contribution in [0.1, 0.15) is 36.6 Å². The van der Waals surface area contributed by atoms with Crippen LogP contribution < -0.4 is 24.4 Å². The van der Waals surface area contributed by atoms with Crippen molar-refractivity contribution >= 4 is 29.1 Å². The highest BCUT2D eigenvalue weighted by molar-refractivity contribution is 7.07. The van der Waals surface area contributed by atoms with E-state index in [4.69, 9.17) is 19.2 Å². The molecule has 0 spiro atoms. The number of carbonyl (C=O) groups excluding carboxylic acids is 1. The maximum absolute atomic E-state index is 14.0. The predicted molar refractivity (Wildman–Crippen MR) is 152 cm³/mol. The van der Waals surface area contributed by atoms with Crippen molar-refractivity contribution in [1.29, 1.82) is 0 Å². The number of esters is 1. The van der Waals surface area contributed by atoms with Crippen LogP contribution in [-0.2, 0) is 9.53 Å². The summed E-state index contributed by atoms with van der Waals surface area (Å²) in [6.45, 7) is 4.30. The molecule has 1 aliphatic rings. The minimum absolute atomic E-state index is 0.201. The summed E-state index contributed by atoms with van der Waals surface area (Å²) in [5.74, 6) is 0.635. The van der Waals surface area contributed by atoms with Crippen LogP contribution in [0.15, 0.2) is 94.2 Å². The van der Waals surface area contributed by atoms with Crippen molar-refractivity contribution in [2.45, 2.75) is 19.9 Å². The van der Waals surface area contributed by atoms with Gasteiger partial charge in [-0.15, -0.1) is 0 Å². The molecule has 1 aliphatic heterocycles. The van der Waals surface area contributed by atoms with Gasteiger partial charge in [0.05, 0.1) is 42.2 Å². The predicted octanol–water partition coefficient (Wildman–Crippen LogP) is 4.34. The number of benzene rings is 3. The third kappa shape index (κ3) is 5.03. The Morgan fingerprint density at radius 1 is 0.974 bits per heavy atom. The summed E-state index contributed by atoms with van der Waals surface area (Å²) in [6, 6.07) is 23.8. The van der Waals surface area contributed by atoms with Gasteiger partial charge in [-0.1, -0.05) is 84.1 Å². The molecule has 5 rings (SSSR count). The lowest BCUT2D eigenvalue weighted by atomic mass is 9.93. The lowest BCUT2D eigenvalue weighted by Gasteiger charge is -2.25. The fourth-order valence-electron chi connectivity index (χ4n) is 4.64. The standard InChI is InChI=1S/C31H28N2O5S/c1-4-37-28-22(17-12-18-23(28)36-3)19-24-29(34)33-27(21-15-10-7-11-16-21)25(30(35)38-5-2)26(32-31(33)39-24)20-13-8-6-9-14-20/h6-19,27H,4-5H2,1-3H3/b24-19-/t27-/m1/s1. The first-order chi connectivity index (χ1) is 19.1. The van der Waals surface area contributed by atoms with Gasteiger partial charge in [-0.3, -0.25) is 9.36 Å². The molecule has 2 heterocycles. The van der Waals surface area contributed by atoms with Crippen LogP contribution in [0, 0.1) is 0 Å². The molecule has 0 bridgehead atoms. The van der Waals surface area contributed by atoms with Crippen molar-refractivity contribution in [2.24, 2.45) is 4.99 Å². The zero-order chi connectivity index (χ0) is 27.4. The smallest absolute Gasteiger partial charge is 0.338 e.